The lowest BCUT2D eigenvalue weighted by atomic mass is 10.2. The Morgan fingerprint density at radius 2 is 2.17 bits per heavy atom. The monoisotopic (exact) mass is 244 g/mol. The van der Waals surface area contributed by atoms with Crippen molar-refractivity contribution in [3.63, 3.8) is 0 Å². The van der Waals surface area contributed by atoms with Gasteiger partial charge in [0, 0.05) is 25.2 Å². The maximum absolute atomic E-state index is 11.8. The first kappa shape index (κ1) is 10.8. The lowest BCUT2D eigenvalue weighted by Gasteiger charge is -2.16. The fraction of sp³-hybridized carbons (Fsp3) is 0.250. The summed E-state index contributed by atoms with van der Waals surface area (Å²) in [4.78, 5) is 28.9. The van der Waals surface area contributed by atoms with Crippen LogP contribution in [-0.4, -0.2) is 34.9 Å². The third-order valence-corrected chi connectivity index (χ3v) is 2.98. The normalized spacial score (nSPS) is 16.7. The molecule has 92 valence electrons. The van der Waals surface area contributed by atoms with Crippen molar-refractivity contribution < 1.29 is 9.59 Å². The molecule has 0 saturated heterocycles. The summed E-state index contributed by atoms with van der Waals surface area (Å²) in [6.07, 6.45) is 5.40. The molecule has 0 atom stereocenters. The van der Waals surface area contributed by atoms with Gasteiger partial charge in [-0.25, -0.2) is 9.78 Å². The van der Waals surface area contributed by atoms with Crippen LogP contribution in [0.25, 0.3) is 0 Å². The summed E-state index contributed by atoms with van der Waals surface area (Å²) < 4.78 is 0. The Hall–Kier alpha value is -2.37. The van der Waals surface area contributed by atoms with Gasteiger partial charge in [0.1, 0.15) is 5.69 Å². The quantitative estimate of drug-likeness (QED) is 0.715. The van der Waals surface area contributed by atoms with Crippen LogP contribution in [0, 0.1) is 0 Å². The van der Waals surface area contributed by atoms with E-state index in [1.807, 2.05) is 12.2 Å². The number of hydrogen-bond donors (Lipinski definition) is 2. The Kier molecular flexibility index (Phi) is 2.47. The number of aromatic nitrogens is 1. The highest BCUT2D eigenvalue weighted by atomic mass is 16.2. The van der Waals surface area contributed by atoms with Crippen LogP contribution in [0.2, 0.25) is 0 Å². The number of fused-ring (bicyclic) bond motifs is 1. The molecule has 0 unspecified atom stereocenters. The SMILES string of the molecule is O=C1NCc2cc(NC(=O)N3CC=CC3)cnc21. The highest BCUT2D eigenvalue weighted by Crippen LogP contribution is 2.17. The number of carbonyl (C=O) groups excluding carboxylic acids is 2. The molecule has 0 bridgehead atoms. The molecule has 2 aliphatic heterocycles. The molecule has 3 rings (SSSR count). The first-order valence-electron chi connectivity index (χ1n) is 5.72. The minimum absolute atomic E-state index is 0.154. The molecule has 18 heavy (non-hydrogen) atoms. The van der Waals surface area contributed by atoms with Gasteiger partial charge in [-0.3, -0.25) is 4.79 Å². The smallest absolute Gasteiger partial charge is 0.322 e. The van der Waals surface area contributed by atoms with Crippen LogP contribution in [0.15, 0.2) is 24.4 Å². The summed E-state index contributed by atoms with van der Waals surface area (Å²) in [6.45, 7) is 1.73. The van der Waals surface area contributed by atoms with Crippen molar-refractivity contribution in [1.82, 2.24) is 15.2 Å². The maximum atomic E-state index is 11.8. The van der Waals surface area contributed by atoms with E-state index in [4.69, 9.17) is 0 Å². The van der Waals surface area contributed by atoms with Crippen LogP contribution in [0.4, 0.5) is 10.5 Å². The van der Waals surface area contributed by atoms with Crippen LogP contribution in [0.3, 0.4) is 0 Å². The van der Waals surface area contributed by atoms with E-state index in [2.05, 4.69) is 15.6 Å². The summed E-state index contributed by atoms with van der Waals surface area (Å²) in [5.41, 5.74) is 1.87. The number of carbonyl (C=O) groups is 2. The van der Waals surface area contributed by atoms with Crippen LogP contribution < -0.4 is 10.6 Å². The zero-order valence-corrected chi connectivity index (χ0v) is 9.64. The third kappa shape index (κ3) is 1.81. The highest BCUT2D eigenvalue weighted by Gasteiger charge is 2.21. The van der Waals surface area contributed by atoms with E-state index in [1.54, 1.807) is 11.0 Å². The predicted molar refractivity (Wildman–Crippen MR) is 65.1 cm³/mol. The molecule has 6 nitrogen and oxygen atoms in total. The van der Waals surface area contributed by atoms with Crippen LogP contribution >= 0.6 is 0 Å². The highest BCUT2D eigenvalue weighted by molar-refractivity contribution is 5.97. The number of hydrogen-bond acceptors (Lipinski definition) is 3. The summed E-state index contributed by atoms with van der Waals surface area (Å²) in [7, 11) is 0. The van der Waals surface area contributed by atoms with Crippen molar-refractivity contribution in [2.75, 3.05) is 18.4 Å². The van der Waals surface area contributed by atoms with Crippen molar-refractivity contribution in [3.05, 3.63) is 35.7 Å². The van der Waals surface area contributed by atoms with Gasteiger partial charge in [0.25, 0.3) is 5.91 Å². The second kappa shape index (κ2) is 4.14. The van der Waals surface area contributed by atoms with E-state index in [9.17, 15) is 9.59 Å². The Bertz CT molecular complexity index is 545. The largest absolute Gasteiger partial charge is 0.347 e. The molecule has 0 aromatic carbocycles. The lowest BCUT2D eigenvalue weighted by molar-refractivity contribution is 0.0961. The first-order valence-corrected chi connectivity index (χ1v) is 5.72. The molecular formula is C12H12N4O2. The zero-order chi connectivity index (χ0) is 12.5. The molecular weight excluding hydrogens is 232 g/mol. The van der Waals surface area contributed by atoms with E-state index in [0.29, 0.717) is 31.0 Å². The lowest BCUT2D eigenvalue weighted by Crippen LogP contribution is -2.32. The van der Waals surface area contributed by atoms with Gasteiger partial charge in [-0.2, -0.15) is 0 Å². The molecule has 1 aromatic rings. The summed E-state index contributed by atoms with van der Waals surface area (Å²) in [5, 5.41) is 5.46. The molecule has 3 amide bonds. The van der Waals surface area contributed by atoms with Crippen molar-refractivity contribution in [2.24, 2.45) is 0 Å². The molecule has 0 saturated carbocycles. The van der Waals surface area contributed by atoms with E-state index >= 15 is 0 Å². The van der Waals surface area contributed by atoms with Crippen LogP contribution in [0.1, 0.15) is 16.1 Å². The van der Waals surface area contributed by atoms with Gasteiger partial charge in [0.05, 0.1) is 11.9 Å². The Morgan fingerprint density at radius 3 is 2.94 bits per heavy atom. The number of amides is 3. The van der Waals surface area contributed by atoms with Crippen molar-refractivity contribution >= 4 is 17.6 Å². The summed E-state index contributed by atoms with van der Waals surface area (Å²) in [6, 6.07) is 1.63. The Labute approximate surface area is 104 Å². The Morgan fingerprint density at radius 1 is 1.39 bits per heavy atom. The zero-order valence-electron chi connectivity index (χ0n) is 9.64. The van der Waals surface area contributed by atoms with E-state index in [0.717, 1.165) is 5.56 Å². The first-order chi connectivity index (χ1) is 8.74. The predicted octanol–water partition coefficient (Wildman–Crippen LogP) is 0.729. The number of urea groups is 1. The molecule has 6 heteroatoms. The van der Waals surface area contributed by atoms with E-state index in [-0.39, 0.29) is 11.9 Å². The van der Waals surface area contributed by atoms with Gasteiger partial charge in [-0.05, 0) is 6.07 Å². The topological polar surface area (TPSA) is 74.3 Å². The van der Waals surface area contributed by atoms with Gasteiger partial charge < -0.3 is 15.5 Å². The molecule has 2 N–H and O–H groups in total. The van der Waals surface area contributed by atoms with Gasteiger partial charge in [-0.15, -0.1) is 0 Å². The van der Waals surface area contributed by atoms with E-state index < -0.39 is 0 Å². The molecule has 0 radical (unpaired) electrons. The van der Waals surface area contributed by atoms with Gasteiger partial charge >= 0.3 is 6.03 Å². The standard InChI is InChI=1S/C12H12N4O2/c17-11-10-8(6-14-11)5-9(7-13-10)15-12(18)16-3-1-2-4-16/h1-2,5,7H,3-4,6H2,(H,14,17)(H,15,18). The fourth-order valence-electron chi connectivity index (χ4n) is 2.02. The number of nitrogens with zero attached hydrogens (tertiary/aromatic N) is 2. The van der Waals surface area contributed by atoms with Crippen LogP contribution in [0.5, 0.6) is 0 Å². The minimum Gasteiger partial charge on any atom is -0.347 e. The Balaban J connectivity index is 1.74. The van der Waals surface area contributed by atoms with Gasteiger partial charge in [0.15, 0.2) is 0 Å². The van der Waals surface area contributed by atoms with Crippen molar-refractivity contribution in [3.8, 4) is 0 Å². The second-order valence-electron chi connectivity index (χ2n) is 4.22. The second-order valence-corrected chi connectivity index (χ2v) is 4.22. The molecule has 0 aliphatic carbocycles. The number of nitrogens with one attached hydrogen (secondary N) is 2. The molecule has 1 aromatic heterocycles. The number of anilines is 1. The van der Waals surface area contributed by atoms with Gasteiger partial charge in [-0.1, -0.05) is 12.2 Å². The average Bonchev–Trinajstić information content (AvgIpc) is 2.99. The fourth-order valence-corrected chi connectivity index (χ4v) is 2.02. The number of rotatable bonds is 1. The molecule has 3 heterocycles. The summed E-state index contributed by atoms with van der Waals surface area (Å²) in [5.74, 6) is -0.161. The average molecular weight is 244 g/mol. The van der Waals surface area contributed by atoms with Gasteiger partial charge in [0.2, 0.25) is 0 Å². The maximum Gasteiger partial charge on any atom is 0.322 e. The van der Waals surface area contributed by atoms with E-state index in [1.165, 1.54) is 6.20 Å². The third-order valence-electron chi connectivity index (χ3n) is 2.98. The summed E-state index contributed by atoms with van der Waals surface area (Å²) >= 11 is 0. The van der Waals surface area contributed by atoms with Crippen molar-refractivity contribution in [1.29, 1.82) is 0 Å². The van der Waals surface area contributed by atoms with Crippen molar-refractivity contribution in [2.45, 2.75) is 6.54 Å². The molecule has 2 aliphatic rings. The van der Waals surface area contributed by atoms with Crippen LogP contribution in [-0.2, 0) is 6.54 Å². The molecule has 0 spiro atoms. The molecule has 0 fully saturated rings. The minimum atomic E-state index is -0.161. The number of pyridine rings is 1.